The molecular weight excluding hydrogens is 228 g/mol. The number of hydrogen-bond donors (Lipinski definition) is 1. The Morgan fingerprint density at radius 3 is 2.33 bits per heavy atom. The van der Waals surface area contributed by atoms with Crippen molar-refractivity contribution in [2.75, 3.05) is 34.2 Å². The molecule has 4 heteroatoms. The van der Waals surface area contributed by atoms with Gasteiger partial charge in [-0.15, -0.1) is 0 Å². The summed E-state index contributed by atoms with van der Waals surface area (Å²) >= 11 is 0. The number of aliphatic hydroxyl groups is 1. The van der Waals surface area contributed by atoms with Crippen molar-refractivity contribution < 1.29 is 9.90 Å². The summed E-state index contributed by atoms with van der Waals surface area (Å²) in [4.78, 5) is 15.9. The van der Waals surface area contributed by atoms with Crippen LogP contribution in [-0.4, -0.2) is 61.2 Å². The van der Waals surface area contributed by atoms with Gasteiger partial charge in [-0.2, -0.15) is 0 Å². The molecule has 0 aromatic carbocycles. The minimum absolute atomic E-state index is 0.156. The van der Waals surface area contributed by atoms with Crippen LogP contribution in [-0.2, 0) is 4.79 Å². The molecule has 0 spiro atoms. The maximum Gasteiger partial charge on any atom is 0.222 e. The number of carbonyl (C=O) groups excluding carboxylic acids is 1. The van der Waals surface area contributed by atoms with E-state index in [1.807, 2.05) is 14.1 Å². The highest BCUT2D eigenvalue weighted by molar-refractivity contribution is 5.76. The van der Waals surface area contributed by atoms with E-state index in [9.17, 15) is 9.90 Å². The van der Waals surface area contributed by atoms with Crippen molar-refractivity contribution in [3.05, 3.63) is 0 Å². The van der Waals surface area contributed by atoms with Crippen molar-refractivity contribution >= 4 is 5.91 Å². The third-order valence-electron chi connectivity index (χ3n) is 3.72. The third-order valence-corrected chi connectivity index (χ3v) is 3.72. The highest BCUT2D eigenvalue weighted by Gasteiger charge is 2.31. The van der Waals surface area contributed by atoms with E-state index in [4.69, 9.17) is 0 Å². The minimum Gasteiger partial charge on any atom is -0.391 e. The number of carbonyl (C=O) groups is 1. The summed E-state index contributed by atoms with van der Waals surface area (Å²) in [6.07, 6.45) is 3.50. The van der Waals surface area contributed by atoms with Crippen molar-refractivity contribution in [3.8, 4) is 0 Å². The molecule has 0 aromatic heterocycles. The second-order valence-electron chi connectivity index (χ2n) is 5.92. The second kappa shape index (κ2) is 7.10. The van der Waals surface area contributed by atoms with Gasteiger partial charge in [0.1, 0.15) is 0 Å². The van der Waals surface area contributed by atoms with E-state index >= 15 is 0 Å². The molecule has 1 aliphatic carbocycles. The van der Waals surface area contributed by atoms with Gasteiger partial charge in [-0.1, -0.05) is 13.3 Å². The van der Waals surface area contributed by atoms with Gasteiger partial charge >= 0.3 is 0 Å². The first-order valence-corrected chi connectivity index (χ1v) is 7.00. The maximum absolute atomic E-state index is 12.1. The molecule has 2 unspecified atom stereocenters. The van der Waals surface area contributed by atoms with Crippen LogP contribution in [0.2, 0.25) is 0 Å². The lowest BCUT2D eigenvalue weighted by Crippen LogP contribution is -2.37. The monoisotopic (exact) mass is 256 g/mol. The lowest BCUT2D eigenvalue weighted by Gasteiger charge is -2.24. The molecule has 0 radical (unpaired) electrons. The van der Waals surface area contributed by atoms with Gasteiger partial charge in [0, 0.05) is 26.6 Å². The number of rotatable bonds is 8. The Morgan fingerprint density at radius 1 is 1.28 bits per heavy atom. The first-order chi connectivity index (χ1) is 8.43. The zero-order chi connectivity index (χ0) is 13.7. The van der Waals surface area contributed by atoms with E-state index in [2.05, 4.69) is 11.8 Å². The largest absolute Gasteiger partial charge is 0.391 e. The molecule has 18 heavy (non-hydrogen) atoms. The zero-order valence-corrected chi connectivity index (χ0v) is 12.2. The van der Waals surface area contributed by atoms with Gasteiger partial charge in [0.15, 0.2) is 0 Å². The molecule has 2 atom stereocenters. The van der Waals surface area contributed by atoms with Crippen LogP contribution in [0.3, 0.4) is 0 Å². The molecular formula is C14H28N2O2. The van der Waals surface area contributed by atoms with E-state index in [1.54, 1.807) is 11.9 Å². The van der Waals surface area contributed by atoms with Crippen LogP contribution in [0.15, 0.2) is 0 Å². The normalized spacial score (nSPS) is 18.8. The summed E-state index contributed by atoms with van der Waals surface area (Å²) in [5, 5.41) is 9.84. The van der Waals surface area contributed by atoms with E-state index in [0.29, 0.717) is 24.8 Å². The van der Waals surface area contributed by atoms with Crippen molar-refractivity contribution in [2.24, 2.45) is 11.8 Å². The lowest BCUT2D eigenvalue weighted by atomic mass is 10.0. The Kier molecular flexibility index (Phi) is 6.09. The number of aliphatic hydroxyl groups excluding tert-OH is 1. The molecule has 1 N–H and O–H groups in total. The molecule has 0 bridgehead atoms. The summed E-state index contributed by atoms with van der Waals surface area (Å²) in [6, 6.07) is 0. The summed E-state index contributed by atoms with van der Waals surface area (Å²) in [6.45, 7) is 3.56. The molecule has 1 aliphatic rings. The molecule has 1 saturated carbocycles. The summed E-state index contributed by atoms with van der Waals surface area (Å²) in [5.41, 5.74) is 0. The summed E-state index contributed by atoms with van der Waals surface area (Å²) < 4.78 is 0. The number of hydrogen-bond acceptors (Lipinski definition) is 3. The van der Waals surface area contributed by atoms with Crippen LogP contribution in [0.25, 0.3) is 0 Å². The van der Waals surface area contributed by atoms with Crippen LogP contribution >= 0.6 is 0 Å². The smallest absolute Gasteiger partial charge is 0.222 e. The molecule has 0 aliphatic heterocycles. The average Bonchev–Trinajstić information content (AvgIpc) is 3.10. The number of likely N-dealkylation sites (N-methyl/N-ethyl adjacent to an activating group) is 1. The quantitative estimate of drug-likeness (QED) is 0.709. The SMILES string of the molecule is CCC(CC(=O)N(C)CC(O)C1CC1)CN(C)C. The van der Waals surface area contributed by atoms with Gasteiger partial charge in [-0.25, -0.2) is 0 Å². The van der Waals surface area contributed by atoms with Crippen LogP contribution in [0, 0.1) is 11.8 Å². The Hall–Kier alpha value is -0.610. The van der Waals surface area contributed by atoms with Gasteiger partial charge in [-0.05, 0) is 38.8 Å². The molecule has 0 heterocycles. The van der Waals surface area contributed by atoms with Crippen molar-refractivity contribution in [3.63, 3.8) is 0 Å². The van der Waals surface area contributed by atoms with Gasteiger partial charge in [0.05, 0.1) is 6.10 Å². The zero-order valence-electron chi connectivity index (χ0n) is 12.2. The fourth-order valence-electron chi connectivity index (χ4n) is 2.27. The topological polar surface area (TPSA) is 43.8 Å². The molecule has 1 fully saturated rings. The third kappa shape index (κ3) is 5.36. The molecule has 0 saturated heterocycles. The highest BCUT2D eigenvalue weighted by atomic mass is 16.3. The van der Waals surface area contributed by atoms with Crippen LogP contribution in [0.4, 0.5) is 0 Å². The Bertz CT molecular complexity index is 265. The number of nitrogens with zero attached hydrogens (tertiary/aromatic N) is 2. The second-order valence-corrected chi connectivity index (χ2v) is 5.92. The van der Waals surface area contributed by atoms with E-state index in [1.165, 1.54) is 0 Å². The molecule has 4 nitrogen and oxygen atoms in total. The summed E-state index contributed by atoms with van der Waals surface area (Å²) in [7, 11) is 5.87. The summed E-state index contributed by atoms with van der Waals surface area (Å²) in [5.74, 6) is 1.00. The highest BCUT2D eigenvalue weighted by Crippen LogP contribution is 2.32. The van der Waals surface area contributed by atoms with Crippen LogP contribution in [0.5, 0.6) is 0 Å². The van der Waals surface area contributed by atoms with Gasteiger partial charge < -0.3 is 14.9 Å². The predicted molar refractivity (Wildman–Crippen MR) is 73.3 cm³/mol. The molecule has 1 amide bonds. The Morgan fingerprint density at radius 2 is 1.89 bits per heavy atom. The molecule has 1 rings (SSSR count). The first-order valence-electron chi connectivity index (χ1n) is 7.00. The van der Waals surface area contributed by atoms with Crippen LogP contribution in [0.1, 0.15) is 32.6 Å². The van der Waals surface area contributed by atoms with E-state index in [0.717, 1.165) is 25.8 Å². The van der Waals surface area contributed by atoms with Crippen molar-refractivity contribution in [1.82, 2.24) is 9.80 Å². The fraction of sp³-hybridized carbons (Fsp3) is 0.929. The minimum atomic E-state index is -0.326. The Labute approximate surface area is 111 Å². The van der Waals surface area contributed by atoms with Gasteiger partial charge in [-0.3, -0.25) is 4.79 Å². The van der Waals surface area contributed by atoms with E-state index in [-0.39, 0.29) is 12.0 Å². The molecule has 106 valence electrons. The van der Waals surface area contributed by atoms with E-state index < -0.39 is 0 Å². The van der Waals surface area contributed by atoms with Gasteiger partial charge in [0.25, 0.3) is 0 Å². The molecule has 0 aromatic rings. The van der Waals surface area contributed by atoms with Crippen molar-refractivity contribution in [2.45, 2.75) is 38.7 Å². The Balaban J connectivity index is 2.32. The van der Waals surface area contributed by atoms with Crippen molar-refractivity contribution in [1.29, 1.82) is 0 Å². The van der Waals surface area contributed by atoms with Crippen LogP contribution < -0.4 is 0 Å². The van der Waals surface area contributed by atoms with Gasteiger partial charge in [0.2, 0.25) is 5.91 Å². The average molecular weight is 256 g/mol. The lowest BCUT2D eigenvalue weighted by molar-refractivity contribution is -0.132. The number of amides is 1. The predicted octanol–water partition coefficient (Wildman–Crippen LogP) is 1.19. The maximum atomic E-state index is 12.1. The fourth-order valence-corrected chi connectivity index (χ4v) is 2.27. The first kappa shape index (κ1) is 15.4. The standard InChI is InChI=1S/C14H28N2O2/c1-5-11(9-15(2)3)8-14(18)16(4)10-13(17)12-6-7-12/h11-13,17H,5-10H2,1-4H3.